The predicted molar refractivity (Wildman–Crippen MR) is 73.1 cm³/mol. The molecule has 1 saturated heterocycles. The average molecular weight is 265 g/mol. The van der Waals surface area contributed by atoms with Gasteiger partial charge in [0.1, 0.15) is 6.10 Å². The summed E-state index contributed by atoms with van der Waals surface area (Å²) in [4.78, 5) is 0. The number of nitrogens with two attached hydrogens (primary N) is 1. The molecule has 1 fully saturated rings. The number of aromatic nitrogens is 2. The van der Waals surface area contributed by atoms with E-state index in [2.05, 4.69) is 24.0 Å². The minimum atomic E-state index is 0.172. The lowest BCUT2D eigenvalue weighted by Gasteiger charge is -2.24. The summed E-state index contributed by atoms with van der Waals surface area (Å²) in [5.74, 6) is 0.614. The highest BCUT2D eigenvalue weighted by molar-refractivity contribution is 5.37. The number of nitrogens with zero attached hydrogens (tertiary/aromatic N) is 2. The Morgan fingerprint density at radius 3 is 2.47 bits per heavy atom. The van der Waals surface area contributed by atoms with Gasteiger partial charge in [-0.3, -0.25) is 0 Å². The molecule has 0 amide bonds. The van der Waals surface area contributed by atoms with Gasteiger partial charge in [-0.15, -0.1) is 5.10 Å². The van der Waals surface area contributed by atoms with Gasteiger partial charge in [0.2, 0.25) is 5.88 Å². The van der Waals surface area contributed by atoms with Crippen molar-refractivity contribution in [3.63, 3.8) is 0 Å². The summed E-state index contributed by atoms with van der Waals surface area (Å²) >= 11 is 0. The first-order chi connectivity index (χ1) is 9.30. The Labute approximate surface area is 114 Å². The van der Waals surface area contributed by atoms with Crippen LogP contribution in [-0.4, -0.2) is 29.5 Å². The van der Waals surface area contributed by atoms with Crippen LogP contribution in [0.4, 0.5) is 0 Å². The second kappa shape index (κ2) is 6.82. The molecule has 0 spiro atoms. The van der Waals surface area contributed by atoms with Gasteiger partial charge in [0.05, 0.1) is 18.9 Å². The van der Waals surface area contributed by atoms with E-state index in [4.69, 9.17) is 15.2 Å². The van der Waals surface area contributed by atoms with E-state index in [1.54, 1.807) is 0 Å². The molecule has 1 aromatic rings. The van der Waals surface area contributed by atoms with Crippen LogP contribution in [0.2, 0.25) is 0 Å². The fourth-order valence-electron chi connectivity index (χ4n) is 2.49. The molecule has 0 aromatic carbocycles. The van der Waals surface area contributed by atoms with E-state index < -0.39 is 0 Å². The number of aryl methyl sites for hydroxylation is 1. The summed E-state index contributed by atoms with van der Waals surface area (Å²) in [7, 11) is 0. The number of hydrogen-bond acceptors (Lipinski definition) is 5. The van der Waals surface area contributed by atoms with Gasteiger partial charge in [0.25, 0.3) is 0 Å². The quantitative estimate of drug-likeness (QED) is 0.876. The van der Waals surface area contributed by atoms with Crippen LogP contribution in [0.1, 0.15) is 43.5 Å². The van der Waals surface area contributed by atoms with E-state index in [-0.39, 0.29) is 6.10 Å². The van der Waals surface area contributed by atoms with Crippen molar-refractivity contribution in [2.75, 3.05) is 13.2 Å². The van der Waals surface area contributed by atoms with Crippen LogP contribution in [0.15, 0.2) is 0 Å². The monoisotopic (exact) mass is 265 g/mol. The normalized spacial score (nSPS) is 16.6. The molecule has 19 heavy (non-hydrogen) atoms. The summed E-state index contributed by atoms with van der Waals surface area (Å²) in [6.45, 7) is 6.16. The van der Waals surface area contributed by atoms with Crippen LogP contribution < -0.4 is 10.5 Å². The fourth-order valence-corrected chi connectivity index (χ4v) is 2.49. The van der Waals surface area contributed by atoms with Crippen molar-refractivity contribution >= 4 is 0 Å². The third kappa shape index (κ3) is 3.22. The molecule has 0 aliphatic carbocycles. The summed E-state index contributed by atoms with van der Waals surface area (Å²) in [6.07, 6.45) is 3.77. The van der Waals surface area contributed by atoms with Crippen molar-refractivity contribution < 1.29 is 9.47 Å². The third-order valence-electron chi connectivity index (χ3n) is 3.57. The number of rotatable bonds is 5. The lowest BCUT2D eigenvalue weighted by Crippen LogP contribution is -2.27. The van der Waals surface area contributed by atoms with Gasteiger partial charge in [0.15, 0.2) is 0 Å². The molecular weight excluding hydrogens is 242 g/mol. The third-order valence-corrected chi connectivity index (χ3v) is 3.57. The zero-order valence-corrected chi connectivity index (χ0v) is 11.8. The van der Waals surface area contributed by atoms with E-state index in [0.717, 1.165) is 50.2 Å². The van der Waals surface area contributed by atoms with E-state index >= 15 is 0 Å². The smallest absolute Gasteiger partial charge is 0.238 e. The van der Waals surface area contributed by atoms with E-state index in [1.807, 2.05) is 0 Å². The van der Waals surface area contributed by atoms with Crippen LogP contribution in [0.5, 0.6) is 5.88 Å². The van der Waals surface area contributed by atoms with Crippen molar-refractivity contribution in [3.8, 4) is 5.88 Å². The molecule has 0 bridgehead atoms. The van der Waals surface area contributed by atoms with E-state index in [0.29, 0.717) is 12.4 Å². The Balaban J connectivity index is 2.23. The maximum absolute atomic E-state index is 5.99. The Kier molecular flexibility index (Phi) is 5.10. The maximum Gasteiger partial charge on any atom is 0.238 e. The molecule has 2 N–H and O–H groups in total. The fraction of sp³-hybridized carbons (Fsp3) is 0.714. The van der Waals surface area contributed by atoms with Gasteiger partial charge in [0, 0.05) is 24.9 Å². The topological polar surface area (TPSA) is 70.3 Å². The molecule has 1 aromatic heterocycles. The van der Waals surface area contributed by atoms with Crippen molar-refractivity contribution in [1.29, 1.82) is 0 Å². The minimum Gasteiger partial charge on any atom is -0.473 e. The maximum atomic E-state index is 5.99. The van der Waals surface area contributed by atoms with Gasteiger partial charge < -0.3 is 15.2 Å². The second-order valence-corrected chi connectivity index (χ2v) is 4.75. The van der Waals surface area contributed by atoms with Crippen molar-refractivity contribution in [2.45, 2.75) is 52.2 Å². The zero-order valence-electron chi connectivity index (χ0n) is 11.8. The first-order valence-electron chi connectivity index (χ1n) is 7.11. The number of ether oxygens (including phenoxy) is 2. The highest BCUT2D eigenvalue weighted by Crippen LogP contribution is 2.24. The van der Waals surface area contributed by atoms with Crippen LogP contribution in [0.25, 0.3) is 0 Å². The summed E-state index contributed by atoms with van der Waals surface area (Å²) in [6, 6.07) is 0. The van der Waals surface area contributed by atoms with Crippen LogP contribution in [-0.2, 0) is 24.1 Å². The predicted octanol–water partition coefficient (Wildman–Crippen LogP) is 1.62. The summed E-state index contributed by atoms with van der Waals surface area (Å²) < 4.78 is 11.3. The highest BCUT2D eigenvalue weighted by atomic mass is 16.5. The van der Waals surface area contributed by atoms with E-state index in [1.165, 1.54) is 5.56 Å². The molecule has 2 rings (SSSR count). The van der Waals surface area contributed by atoms with Gasteiger partial charge in [-0.25, -0.2) is 0 Å². The molecule has 106 valence electrons. The number of hydrogen-bond donors (Lipinski definition) is 1. The summed E-state index contributed by atoms with van der Waals surface area (Å²) in [5, 5.41) is 8.51. The molecule has 2 heterocycles. The Hall–Kier alpha value is -1.20. The van der Waals surface area contributed by atoms with Crippen molar-refractivity contribution in [2.24, 2.45) is 5.73 Å². The largest absolute Gasteiger partial charge is 0.473 e. The second-order valence-electron chi connectivity index (χ2n) is 4.75. The molecule has 5 nitrogen and oxygen atoms in total. The lowest BCUT2D eigenvalue weighted by molar-refractivity contribution is 0.0228. The van der Waals surface area contributed by atoms with Crippen LogP contribution in [0, 0.1) is 0 Å². The van der Waals surface area contributed by atoms with Gasteiger partial charge >= 0.3 is 0 Å². The minimum absolute atomic E-state index is 0.172. The Morgan fingerprint density at radius 2 is 1.89 bits per heavy atom. The first-order valence-corrected chi connectivity index (χ1v) is 7.11. The molecule has 0 atom stereocenters. The SMILES string of the molecule is CCc1nnc(OC2CCOCC2)c(CN)c1CC. The van der Waals surface area contributed by atoms with Gasteiger partial charge in [-0.1, -0.05) is 13.8 Å². The van der Waals surface area contributed by atoms with Gasteiger partial charge in [-0.2, -0.15) is 5.10 Å². The molecule has 0 radical (unpaired) electrons. The van der Waals surface area contributed by atoms with Crippen molar-refractivity contribution in [3.05, 3.63) is 16.8 Å². The molecule has 1 aliphatic rings. The molecule has 1 aliphatic heterocycles. The average Bonchev–Trinajstić information content (AvgIpc) is 2.47. The van der Waals surface area contributed by atoms with E-state index in [9.17, 15) is 0 Å². The molecule has 5 heteroatoms. The van der Waals surface area contributed by atoms with Crippen LogP contribution in [0.3, 0.4) is 0 Å². The lowest BCUT2D eigenvalue weighted by atomic mass is 10.0. The zero-order chi connectivity index (χ0) is 13.7. The molecular formula is C14H23N3O2. The van der Waals surface area contributed by atoms with Crippen LogP contribution >= 0.6 is 0 Å². The molecule has 0 saturated carbocycles. The van der Waals surface area contributed by atoms with Crippen molar-refractivity contribution in [1.82, 2.24) is 10.2 Å². The first kappa shape index (κ1) is 14.2. The Morgan fingerprint density at radius 1 is 1.16 bits per heavy atom. The highest BCUT2D eigenvalue weighted by Gasteiger charge is 2.20. The summed E-state index contributed by atoms with van der Waals surface area (Å²) in [5.41, 5.74) is 9.12. The molecule has 0 unspecified atom stereocenters. The Bertz CT molecular complexity index is 417. The standard InChI is InChI=1S/C14H23N3O2/c1-3-11-12(9-15)14(17-16-13(11)4-2)19-10-5-7-18-8-6-10/h10H,3-9,15H2,1-2H3. The van der Waals surface area contributed by atoms with Gasteiger partial charge in [-0.05, 0) is 18.4 Å².